The maximum absolute atomic E-state index is 12.9. The van der Waals surface area contributed by atoms with Gasteiger partial charge in [-0.2, -0.15) is 0 Å². The number of rotatable bonds is 5. The fourth-order valence-electron chi connectivity index (χ4n) is 3.75. The van der Waals surface area contributed by atoms with Gasteiger partial charge in [0.25, 0.3) is 5.91 Å². The molecule has 0 saturated carbocycles. The summed E-state index contributed by atoms with van der Waals surface area (Å²) in [5.41, 5.74) is 5.22. The molecule has 3 heterocycles. The summed E-state index contributed by atoms with van der Waals surface area (Å²) in [7, 11) is 0. The summed E-state index contributed by atoms with van der Waals surface area (Å²) in [5.74, 6) is -0.240. The molecule has 3 aromatic heterocycles. The highest BCUT2D eigenvalue weighted by Crippen LogP contribution is 2.28. The highest BCUT2D eigenvalue weighted by molar-refractivity contribution is 6.11. The molecular weight excluding hydrogens is 372 g/mol. The minimum atomic E-state index is -0.240. The van der Waals surface area contributed by atoms with Gasteiger partial charge in [0.15, 0.2) is 0 Å². The van der Waals surface area contributed by atoms with Crippen LogP contribution < -0.4 is 5.32 Å². The number of fused-ring (bicyclic) bond motifs is 3. The molecule has 2 aromatic carbocycles. The normalized spacial score (nSPS) is 11.1. The number of carbonyl (C=O) groups excluding carboxylic acids is 1. The van der Waals surface area contributed by atoms with Gasteiger partial charge in [0.1, 0.15) is 5.69 Å². The van der Waals surface area contributed by atoms with Crippen LogP contribution in [-0.4, -0.2) is 20.9 Å². The van der Waals surface area contributed by atoms with Crippen LogP contribution in [0.15, 0.2) is 85.2 Å². The number of H-pyrrole nitrogens is 1. The van der Waals surface area contributed by atoms with E-state index in [0.29, 0.717) is 11.4 Å². The highest BCUT2D eigenvalue weighted by atomic mass is 16.1. The van der Waals surface area contributed by atoms with Gasteiger partial charge in [-0.05, 0) is 42.7 Å². The first-order chi connectivity index (χ1) is 14.8. The van der Waals surface area contributed by atoms with E-state index in [1.54, 1.807) is 18.5 Å². The van der Waals surface area contributed by atoms with Gasteiger partial charge in [-0.25, -0.2) is 4.98 Å². The summed E-state index contributed by atoms with van der Waals surface area (Å²) >= 11 is 0. The second-order valence-corrected chi connectivity index (χ2v) is 7.23. The van der Waals surface area contributed by atoms with Crippen LogP contribution in [0.5, 0.6) is 0 Å². The maximum atomic E-state index is 12.9. The fraction of sp³-hybridized carbons (Fsp3) is 0.0800. The number of carbonyl (C=O) groups is 1. The third kappa shape index (κ3) is 3.53. The van der Waals surface area contributed by atoms with E-state index in [-0.39, 0.29) is 5.91 Å². The van der Waals surface area contributed by atoms with E-state index in [9.17, 15) is 4.79 Å². The molecule has 0 aliphatic carbocycles. The molecule has 0 bridgehead atoms. The molecule has 5 rings (SSSR count). The number of hydrogen-bond acceptors (Lipinski definition) is 3. The van der Waals surface area contributed by atoms with Crippen LogP contribution in [0.1, 0.15) is 21.7 Å². The number of hydrogen-bond donors (Lipinski definition) is 2. The van der Waals surface area contributed by atoms with Gasteiger partial charge in [-0.15, -0.1) is 0 Å². The molecular formula is C25H20N4O. The van der Waals surface area contributed by atoms with Crippen LogP contribution in [0.4, 0.5) is 5.69 Å². The van der Waals surface area contributed by atoms with E-state index >= 15 is 0 Å². The zero-order chi connectivity index (χ0) is 20.3. The lowest BCUT2D eigenvalue weighted by Gasteiger charge is -2.08. The molecule has 0 atom stereocenters. The fourth-order valence-corrected chi connectivity index (χ4v) is 3.75. The molecule has 0 unspecified atom stereocenters. The lowest BCUT2D eigenvalue weighted by Crippen LogP contribution is -2.15. The zero-order valence-corrected chi connectivity index (χ0v) is 16.3. The van der Waals surface area contributed by atoms with Gasteiger partial charge >= 0.3 is 0 Å². The molecule has 5 nitrogen and oxygen atoms in total. The zero-order valence-electron chi connectivity index (χ0n) is 16.3. The number of aromatic amines is 1. The SMILES string of the molecule is O=C(Nc1cccnc1)c1cc2c([nH]c3ccccc32)c(CCc2ccccc2)n1. The minimum absolute atomic E-state index is 0.240. The van der Waals surface area contributed by atoms with Gasteiger partial charge in [0.2, 0.25) is 0 Å². The number of para-hydroxylation sites is 1. The molecule has 0 spiro atoms. The highest BCUT2D eigenvalue weighted by Gasteiger charge is 2.16. The van der Waals surface area contributed by atoms with E-state index < -0.39 is 0 Å². The maximum Gasteiger partial charge on any atom is 0.274 e. The van der Waals surface area contributed by atoms with Crippen molar-refractivity contribution in [1.82, 2.24) is 15.0 Å². The van der Waals surface area contributed by atoms with E-state index in [1.165, 1.54) is 5.56 Å². The van der Waals surface area contributed by atoms with Crippen LogP contribution in [0, 0.1) is 0 Å². The molecule has 0 aliphatic rings. The van der Waals surface area contributed by atoms with Crippen molar-refractivity contribution >= 4 is 33.4 Å². The first-order valence-corrected chi connectivity index (χ1v) is 9.93. The number of nitrogens with zero attached hydrogens (tertiary/aromatic N) is 2. The molecule has 0 saturated heterocycles. The summed E-state index contributed by atoms with van der Waals surface area (Å²) in [4.78, 5) is 25.2. The Kier molecular flexibility index (Phi) is 4.69. The summed E-state index contributed by atoms with van der Waals surface area (Å²) in [6.45, 7) is 0. The van der Waals surface area contributed by atoms with Crippen molar-refractivity contribution in [2.75, 3.05) is 5.32 Å². The summed E-state index contributed by atoms with van der Waals surface area (Å²) in [6.07, 6.45) is 4.89. The number of anilines is 1. The first-order valence-electron chi connectivity index (χ1n) is 9.93. The second kappa shape index (κ2) is 7.79. The Labute approximate surface area is 173 Å². The summed E-state index contributed by atoms with van der Waals surface area (Å²) < 4.78 is 0. The molecule has 0 fully saturated rings. The number of benzene rings is 2. The topological polar surface area (TPSA) is 70.7 Å². The van der Waals surface area contributed by atoms with Crippen molar-refractivity contribution in [3.05, 3.63) is 102 Å². The Bertz CT molecular complexity index is 1330. The van der Waals surface area contributed by atoms with Crippen molar-refractivity contribution in [3.8, 4) is 0 Å². The van der Waals surface area contributed by atoms with E-state index in [2.05, 4.69) is 33.5 Å². The molecule has 30 heavy (non-hydrogen) atoms. The lowest BCUT2D eigenvalue weighted by molar-refractivity contribution is 0.102. The molecule has 0 radical (unpaired) electrons. The van der Waals surface area contributed by atoms with Crippen LogP contribution in [0.3, 0.4) is 0 Å². The average Bonchev–Trinajstić information content (AvgIpc) is 3.18. The summed E-state index contributed by atoms with van der Waals surface area (Å²) in [5, 5.41) is 4.99. The smallest absolute Gasteiger partial charge is 0.274 e. The second-order valence-electron chi connectivity index (χ2n) is 7.23. The molecule has 2 N–H and O–H groups in total. The Hall–Kier alpha value is -3.99. The van der Waals surface area contributed by atoms with Gasteiger partial charge in [0.05, 0.1) is 23.1 Å². The van der Waals surface area contributed by atoms with Crippen molar-refractivity contribution in [3.63, 3.8) is 0 Å². The number of pyridine rings is 2. The van der Waals surface area contributed by atoms with Crippen molar-refractivity contribution in [1.29, 1.82) is 0 Å². The van der Waals surface area contributed by atoms with E-state index in [4.69, 9.17) is 4.98 Å². The third-order valence-corrected chi connectivity index (χ3v) is 5.22. The van der Waals surface area contributed by atoms with Crippen molar-refractivity contribution < 1.29 is 4.79 Å². The van der Waals surface area contributed by atoms with Gasteiger partial charge < -0.3 is 10.3 Å². The quantitative estimate of drug-likeness (QED) is 0.435. The Morgan fingerprint density at radius 3 is 2.57 bits per heavy atom. The molecule has 5 aromatic rings. The number of aromatic nitrogens is 3. The third-order valence-electron chi connectivity index (χ3n) is 5.22. The predicted molar refractivity (Wildman–Crippen MR) is 120 cm³/mol. The standard InChI is InChI=1S/C25H20N4O/c30-25(27-18-9-6-14-26-16-18)23-15-20-19-10-4-5-11-21(19)29-24(20)22(28-23)13-12-17-7-2-1-3-8-17/h1-11,14-16,29H,12-13H2,(H,27,30). The van der Waals surface area contributed by atoms with Gasteiger partial charge in [0, 0.05) is 22.5 Å². The lowest BCUT2D eigenvalue weighted by atomic mass is 10.1. The minimum Gasteiger partial charge on any atom is -0.353 e. The van der Waals surface area contributed by atoms with Crippen LogP contribution >= 0.6 is 0 Å². The van der Waals surface area contributed by atoms with Crippen molar-refractivity contribution in [2.45, 2.75) is 12.8 Å². The van der Waals surface area contributed by atoms with Crippen LogP contribution in [0.2, 0.25) is 0 Å². The van der Waals surface area contributed by atoms with E-state index in [1.807, 2.05) is 48.5 Å². The number of amides is 1. The van der Waals surface area contributed by atoms with E-state index in [0.717, 1.165) is 40.3 Å². The van der Waals surface area contributed by atoms with Crippen LogP contribution in [-0.2, 0) is 12.8 Å². The number of aryl methyl sites for hydroxylation is 2. The molecule has 5 heteroatoms. The first kappa shape index (κ1) is 18.1. The van der Waals surface area contributed by atoms with Gasteiger partial charge in [-0.3, -0.25) is 9.78 Å². The predicted octanol–water partition coefficient (Wildman–Crippen LogP) is 5.15. The monoisotopic (exact) mass is 392 g/mol. The Morgan fingerprint density at radius 2 is 1.73 bits per heavy atom. The van der Waals surface area contributed by atoms with Crippen molar-refractivity contribution in [2.24, 2.45) is 0 Å². The largest absolute Gasteiger partial charge is 0.353 e. The Morgan fingerprint density at radius 1 is 0.900 bits per heavy atom. The molecule has 146 valence electrons. The number of nitrogens with one attached hydrogen (secondary N) is 2. The van der Waals surface area contributed by atoms with Gasteiger partial charge in [-0.1, -0.05) is 48.5 Å². The van der Waals surface area contributed by atoms with Crippen LogP contribution in [0.25, 0.3) is 21.8 Å². The average molecular weight is 392 g/mol. The molecule has 0 aliphatic heterocycles. The summed E-state index contributed by atoms with van der Waals surface area (Å²) in [6, 6.07) is 23.9. The molecule has 1 amide bonds. The Balaban J connectivity index is 1.57.